The molecule has 1 aromatic carbocycles. The second kappa shape index (κ2) is 5.49. The average Bonchev–Trinajstić information content (AvgIpc) is 2.85. The molecule has 0 aliphatic heterocycles. The summed E-state index contributed by atoms with van der Waals surface area (Å²) in [5.41, 5.74) is 3.72. The fourth-order valence-electron chi connectivity index (χ4n) is 4.03. The Balaban J connectivity index is 1.86. The molecule has 1 aromatic rings. The van der Waals surface area contributed by atoms with Crippen LogP contribution in [-0.4, -0.2) is 5.71 Å². The molecule has 0 amide bonds. The van der Waals surface area contributed by atoms with Crippen LogP contribution >= 0.6 is 15.9 Å². The molecule has 0 saturated carbocycles. The number of hydrogen-bond acceptors (Lipinski definition) is 2. The third kappa shape index (κ3) is 2.21. The molecule has 0 N–H and O–H groups in total. The largest absolute Gasteiger partial charge is 0.205 e. The maximum absolute atomic E-state index is 14.1. The first-order chi connectivity index (χ1) is 11.5. The van der Waals surface area contributed by atoms with Crippen molar-refractivity contribution in [3.63, 3.8) is 0 Å². The van der Waals surface area contributed by atoms with E-state index in [9.17, 15) is 8.78 Å². The highest BCUT2D eigenvalue weighted by Gasteiger charge is 2.45. The second-order valence-corrected chi connectivity index (χ2v) is 7.33. The first-order valence-corrected chi connectivity index (χ1v) is 8.56. The fraction of sp³-hybridized carbons (Fsp3) is 0.263. The van der Waals surface area contributed by atoms with Crippen LogP contribution in [0, 0.1) is 16.9 Å². The lowest BCUT2D eigenvalue weighted by molar-refractivity contribution is 0.459. The number of halogens is 3. The number of fused-ring (bicyclic) bond motifs is 2. The zero-order valence-corrected chi connectivity index (χ0v) is 14.3. The predicted octanol–water partition coefficient (Wildman–Crippen LogP) is 5.46. The van der Waals surface area contributed by atoms with E-state index >= 15 is 0 Å². The summed E-state index contributed by atoms with van der Waals surface area (Å²) in [6.45, 7) is 0. The van der Waals surface area contributed by atoms with Crippen LogP contribution in [-0.2, 0) is 6.42 Å². The van der Waals surface area contributed by atoms with Crippen LogP contribution < -0.4 is 0 Å². The first-order valence-electron chi connectivity index (χ1n) is 7.77. The maximum atomic E-state index is 14.1. The van der Waals surface area contributed by atoms with Gasteiger partial charge in [-0.3, -0.25) is 0 Å². The van der Waals surface area contributed by atoms with E-state index in [4.69, 9.17) is 5.26 Å². The molecule has 2 nitrogen and oxygen atoms in total. The summed E-state index contributed by atoms with van der Waals surface area (Å²) in [6, 6.07) is 5.98. The van der Waals surface area contributed by atoms with Gasteiger partial charge in [0, 0.05) is 15.5 Å². The van der Waals surface area contributed by atoms with Gasteiger partial charge in [0.1, 0.15) is 0 Å². The average molecular weight is 387 g/mol. The Hall–Kier alpha value is -2.06. The maximum Gasteiger partial charge on any atom is 0.205 e. The molecule has 3 aliphatic rings. The number of benzene rings is 1. The van der Waals surface area contributed by atoms with E-state index < -0.39 is 17.1 Å². The Labute approximate surface area is 147 Å². The molecule has 5 heteroatoms. The van der Waals surface area contributed by atoms with Gasteiger partial charge in [0.2, 0.25) is 6.19 Å². The summed E-state index contributed by atoms with van der Waals surface area (Å²) < 4.78 is 28.5. The first kappa shape index (κ1) is 15.5. The molecule has 1 unspecified atom stereocenters. The van der Waals surface area contributed by atoms with Gasteiger partial charge in [-0.2, -0.15) is 10.3 Å². The summed E-state index contributed by atoms with van der Waals surface area (Å²) in [7, 11) is 0. The molecule has 120 valence electrons. The lowest BCUT2D eigenvalue weighted by Crippen LogP contribution is -2.30. The summed E-state index contributed by atoms with van der Waals surface area (Å²) in [5.74, 6) is -1.50. The highest BCUT2D eigenvalue weighted by Crippen LogP contribution is 2.50. The summed E-state index contributed by atoms with van der Waals surface area (Å²) in [4.78, 5) is 4.11. The highest BCUT2D eigenvalue weighted by molar-refractivity contribution is 9.10. The van der Waals surface area contributed by atoms with Crippen LogP contribution in [0.4, 0.5) is 8.78 Å². The molecule has 0 aromatic heterocycles. The number of hydrogen-bond donors (Lipinski definition) is 0. The van der Waals surface area contributed by atoms with Gasteiger partial charge in [-0.25, -0.2) is 8.78 Å². The number of aliphatic imine (C=N–C) groups is 1. The number of nitrogens with zero attached hydrogens (tertiary/aromatic N) is 2. The van der Waals surface area contributed by atoms with Crippen molar-refractivity contribution >= 4 is 21.6 Å². The Morgan fingerprint density at radius 1 is 1.29 bits per heavy atom. The van der Waals surface area contributed by atoms with E-state index in [0.717, 1.165) is 33.3 Å². The zero-order valence-electron chi connectivity index (χ0n) is 12.7. The van der Waals surface area contributed by atoms with E-state index in [2.05, 4.69) is 20.9 Å². The van der Waals surface area contributed by atoms with Crippen molar-refractivity contribution in [1.29, 1.82) is 5.26 Å². The minimum Gasteiger partial charge on any atom is -0.204 e. The Bertz CT molecular complexity index is 918. The summed E-state index contributed by atoms with van der Waals surface area (Å²) >= 11 is 3.47. The topological polar surface area (TPSA) is 36.1 Å². The van der Waals surface area contributed by atoms with Gasteiger partial charge in [-0.05, 0) is 60.6 Å². The van der Waals surface area contributed by atoms with Gasteiger partial charge < -0.3 is 0 Å². The minimum absolute atomic E-state index is 0.385. The van der Waals surface area contributed by atoms with Crippen molar-refractivity contribution in [2.45, 2.75) is 25.7 Å². The SMILES string of the molecule is N#CN=C1c2cc(Br)ccc2CC12C=C1CC=C(F)C(F)=C1CC2. The van der Waals surface area contributed by atoms with Crippen LogP contribution in [0.1, 0.15) is 30.4 Å². The summed E-state index contributed by atoms with van der Waals surface area (Å²) in [5, 5.41) is 9.15. The van der Waals surface area contributed by atoms with Gasteiger partial charge in [0.25, 0.3) is 0 Å². The van der Waals surface area contributed by atoms with E-state index in [0.29, 0.717) is 24.8 Å². The van der Waals surface area contributed by atoms with Crippen LogP contribution in [0.5, 0.6) is 0 Å². The fourth-order valence-corrected chi connectivity index (χ4v) is 4.39. The van der Waals surface area contributed by atoms with E-state index in [1.807, 2.05) is 30.5 Å². The molecule has 0 bridgehead atoms. The van der Waals surface area contributed by atoms with Crippen LogP contribution in [0.2, 0.25) is 0 Å². The molecule has 0 radical (unpaired) electrons. The van der Waals surface area contributed by atoms with E-state index in [-0.39, 0.29) is 0 Å². The number of allylic oxidation sites excluding steroid dienone is 6. The molecule has 4 rings (SSSR count). The van der Waals surface area contributed by atoms with E-state index in [1.165, 1.54) is 6.08 Å². The van der Waals surface area contributed by atoms with Crippen molar-refractivity contribution in [1.82, 2.24) is 0 Å². The molecule has 1 spiro atoms. The van der Waals surface area contributed by atoms with Gasteiger partial charge in [-0.1, -0.05) is 28.1 Å². The third-order valence-electron chi connectivity index (χ3n) is 5.10. The highest BCUT2D eigenvalue weighted by atomic mass is 79.9. The molecule has 0 heterocycles. The molecule has 24 heavy (non-hydrogen) atoms. The molecular weight excluding hydrogens is 374 g/mol. The normalized spacial score (nSPS) is 26.8. The monoisotopic (exact) mass is 386 g/mol. The van der Waals surface area contributed by atoms with Gasteiger partial charge >= 0.3 is 0 Å². The lowest BCUT2D eigenvalue weighted by Gasteiger charge is -2.34. The van der Waals surface area contributed by atoms with Gasteiger partial charge in [0.15, 0.2) is 11.7 Å². The van der Waals surface area contributed by atoms with Crippen molar-refractivity contribution in [3.8, 4) is 6.19 Å². The van der Waals surface area contributed by atoms with Crippen molar-refractivity contribution in [3.05, 3.63) is 68.8 Å². The second-order valence-electron chi connectivity index (χ2n) is 6.41. The van der Waals surface area contributed by atoms with Gasteiger partial charge in [-0.15, -0.1) is 0 Å². The third-order valence-corrected chi connectivity index (χ3v) is 5.59. The standard InChI is InChI=1S/C19H13BrF2N2/c20-13-3-1-12-9-19(18(24-10-23)15(12)7-13)6-5-14-11(8-19)2-4-16(21)17(14)22/h1,3-4,7-8H,2,5-6,9H2. The zero-order chi connectivity index (χ0) is 16.9. The van der Waals surface area contributed by atoms with E-state index in [1.54, 1.807) is 0 Å². The quantitative estimate of drug-likeness (QED) is 0.545. The summed E-state index contributed by atoms with van der Waals surface area (Å²) in [6.07, 6.45) is 7.41. The van der Waals surface area contributed by atoms with Crippen molar-refractivity contribution in [2.75, 3.05) is 0 Å². The Morgan fingerprint density at radius 3 is 2.92 bits per heavy atom. The molecule has 3 aliphatic carbocycles. The lowest BCUT2D eigenvalue weighted by atomic mass is 9.70. The van der Waals surface area contributed by atoms with Crippen LogP contribution in [0.15, 0.2) is 62.6 Å². The van der Waals surface area contributed by atoms with Crippen LogP contribution in [0.3, 0.4) is 0 Å². The number of rotatable bonds is 0. The number of nitriles is 1. The predicted molar refractivity (Wildman–Crippen MR) is 91.7 cm³/mol. The van der Waals surface area contributed by atoms with Crippen molar-refractivity contribution in [2.24, 2.45) is 10.4 Å². The Morgan fingerprint density at radius 2 is 2.12 bits per heavy atom. The van der Waals surface area contributed by atoms with Gasteiger partial charge in [0.05, 0.1) is 5.71 Å². The van der Waals surface area contributed by atoms with Crippen molar-refractivity contribution < 1.29 is 8.78 Å². The Kier molecular flexibility index (Phi) is 3.54. The molecule has 1 atom stereocenters. The molecule has 0 fully saturated rings. The molecular formula is C19H13BrF2N2. The van der Waals surface area contributed by atoms with Crippen LogP contribution in [0.25, 0.3) is 0 Å². The smallest absolute Gasteiger partial charge is 0.204 e. The minimum atomic E-state index is -0.761. The molecule has 0 saturated heterocycles.